The molecule has 1 N–H and O–H groups in total. The Morgan fingerprint density at radius 2 is 1.89 bits per heavy atom. The van der Waals surface area contributed by atoms with Crippen LogP contribution in [0.4, 0.5) is 19.8 Å². The number of alkyl halides is 1. The molecular formula is C24H31BrClFN6O5. The average molecular weight is 618 g/mol. The Kier molecular flexibility index (Phi) is 8.92. The standard InChI is InChI=1S/C24H31BrClFN6O5/c1-13(27)15(29-21(34)37-23(2,3)4)10-14-11-16-19(30-20(26)31-33(16)18(14)25)32(12-17-28-8-9-36-17)22(35)38-24(5,6)7/h8-9,11,13,15H,10,12H2,1-7H3,(H,29,34)/t13-,15+/m0/s1. The molecule has 0 bridgehead atoms. The molecule has 0 spiro atoms. The fraction of sp³-hybridized carbons (Fsp3) is 0.542. The van der Waals surface area contributed by atoms with Gasteiger partial charge in [0.25, 0.3) is 0 Å². The molecule has 0 fully saturated rings. The zero-order chi connectivity index (χ0) is 28.4. The quantitative estimate of drug-likeness (QED) is 0.349. The summed E-state index contributed by atoms with van der Waals surface area (Å²) in [6, 6.07) is 0.759. The molecule has 0 aliphatic heterocycles. The van der Waals surface area contributed by atoms with Gasteiger partial charge in [-0.2, -0.15) is 4.98 Å². The molecule has 11 nitrogen and oxygen atoms in total. The smallest absolute Gasteiger partial charge is 0.416 e. The lowest BCUT2D eigenvalue weighted by Gasteiger charge is -2.26. The van der Waals surface area contributed by atoms with Crippen LogP contribution in [-0.4, -0.2) is 55.2 Å². The average Bonchev–Trinajstić information content (AvgIpc) is 3.37. The molecule has 2 atom stereocenters. The van der Waals surface area contributed by atoms with Gasteiger partial charge in [0.1, 0.15) is 40.3 Å². The first-order valence-corrected chi connectivity index (χ1v) is 13.0. The van der Waals surface area contributed by atoms with Gasteiger partial charge in [-0.3, -0.25) is 4.90 Å². The van der Waals surface area contributed by atoms with Crippen molar-refractivity contribution >= 4 is 51.1 Å². The van der Waals surface area contributed by atoms with Gasteiger partial charge in [0.15, 0.2) is 5.82 Å². The number of nitrogens with one attached hydrogen (secondary N) is 1. The second-order valence-corrected chi connectivity index (χ2v) is 11.7. The van der Waals surface area contributed by atoms with Crippen LogP contribution in [0.25, 0.3) is 5.52 Å². The maximum absolute atomic E-state index is 14.6. The normalized spacial score (nSPS) is 13.7. The lowest BCUT2D eigenvalue weighted by Crippen LogP contribution is -2.44. The minimum Gasteiger partial charge on any atom is -0.447 e. The second-order valence-electron chi connectivity index (χ2n) is 10.6. The van der Waals surface area contributed by atoms with Crippen LogP contribution in [-0.2, 0) is 22.4 Å². The molecule has 2 amide bonds. The molecule has 0 unspecified atom stereocenters. The van der Waals surface area contributed by atoms with Crippen LogP contribution in [0, 0.1) is 0 Å². The van der Waals surface area contributed by atoms with Crippen LogP contribution < -0.4 is 10.2 Å². The van der Waals surface area contributed by atoms with E-state index in [9.17, 15) is 14.0 Å². The Balaban J connectivity index is 2.03. The van der Waals surface area contributed by atoms with E-state index in [0.29, 0.717) is 15.7 Å². The van der Waals surface area contributed by atoms with Crippen LogP contribution in [0.5, 0.6) is 0 Å². The van der Waals surface area contributed by atoms with Gasteiger partial charge >= 0.3 is 12.2 Å². The van der Waals surface area contributed by atoms with Crippen molar-refractivity contribution in [3.05, 3.63) is 39.9 Å². The van der Waals surface area contributed by atoms with Gasteiger partial charge in [-0.1, -0.05) is 0 Å². The van der Waals surface area contributed by atoms with Gasteiger partial charge < -0.3 is 19.2 Å². The number of carbonyl (C=O) groups is 2. The Labute approximate surface area is 233 Å². The molecule has 3 heterocycles. The van der Waals surface area contributed by atoms with Crippen LogP contribution in [0.1, 0.15) is 59.9 Å². The summed E-state index contributed by atoms with van der Waals surface area (Å²) in [5.41, 5.74) is -0.593. The van der Waals surface area contributed by atoms with Gasteiger partial charge in [0.2, 0.25) is 11.2 Å². The predicted octanol–water partition coefficient (Wildman–Crippen LogP) is 5.87. The maximum Gasteiger partial charge on any atom is 0.416 e. The number of oxazole rings is 1. The summed E-state index contributed by atoms with van der Waals surface area (Å²) in [7, 11) is 0. The van der Waals surface area contributed by atoms with E-state index in [1.54, 1.807) is 47.6 Å². The number of hydrogen-bond donors (Lipinski definition) is 1. The highest BCUT2D eigenvalue weighted by Crippen LogP contribution is 2.31. The van der Waals surface area contributed by atoms with Crippen LogP contribution in [0.3, 0.4) is 0 Å². The van der Waals surface area contributed by atoms with E-state index in [4.69, 9.17) is 25.5 Å². The number of fused-ring (bicyclic) bond motifs is 1. The van der Waals surface area contributed by atoms with E-state index >= 15 is 0 Å². The predicted molar refractivity (Wildman–Crippen MR) is 142 cm³/mol. The zero-order valence-corrected chi connectivity index (χ0v) is 24.6. The van der Waals surface area contributed by atoms with Crippen molar-refractivity contribution in [2.45, 2.75) is 84.8 Å². The monoisotopic (exact) mass is 616 g/mol. The summed E-state index contributed by atoms with van der Waals surface area (Å²) in [4.78, 5) is 35.2. The SMILES string of the molecule is C[C@H](F)[C@@H](Cc1cc2c(N(Cc3ncco3)C(=O)OC(C)(C)C)nc(Cl)nn2c1Br)NC(=O)OC(C)(C)C. The van der Waals surface area contributed by atoms with Crippen molar-refractivity contribution in [3.63, 3.8) is 0 Å². The number of ether oxygens (including phenoxy) is 2. The molecular weight excluding hydrogens is 587 g/mol. The lowest BCUT2D eigenvalue weighted by atomic mass is 10.1. The van der Waals surface area contributed by atoms with Gasteiger partial charge in [0, 0.05) is 0 Å². The van der Waals surface area contributed by atoms with E-state index < -0.39 is 35.6 Å². The summed E-state index contributed by atoms with van der Waals surface area (Å²) in [5.74, 6) is 0.358. The molecule has 0 aliphatic carbocycles. The third-order valence-electron chi connectivity index (χ3n) is 4.94. The molecule has 0 saturated carbocycles. The maximum atomic E-state index is 14.6. The van der Waals surface area contributed by atoms with E-state index in [0.717, 1.165) is 0 Å². The van der Waals surface area contributed by atoms with Crippen LogP contribution in [0.2, 0.25) is 5.28 Å². The first kappa shape index (κ1) is 29.6. The first-order valence-electron chi connectivity index (χ1n) is 11.8. The highest BCUT2D eigenvalue weighted by Gasteiger charge is 2.30. The van der Waals surface area contributed by atoms with E-state index in [1.165, 1.54) is 28.8 Å². The molecule has 3 aromatic rings. The van der Waals surface area contributed by atoms with Crippen molar-refractivity contribution in [2.24, 2.45) is 0 Å². The molecule has 3 aromatic heterocycles. The van der Waals surface area contributed by atoms with Crippen molar-refractivity contribution < 1.29 is 27.9 Å². The largest absolute Gasteiger partial charge is 0.447 e. The van der Waals surface area contributed by atoms with Gasteiger partial charge in [0.05, 0.1) is 12.2 Å². The number of nitrogens with zero attached hydrogens (tertiary/aromatic N) is 5. The van der Waals surface area contributed by atoms with E-state index in [2.05, 4.69) is 36.3 Å². The number of amides is 2. The zero-order valence-electron chi connectivity index (χ0n) is 22.2. The minimum atomic E-state index is -1.41. The fourth-order valence-electron chi connectivity index (χ4n) is 3.41. The summed E-state index contributed by atoms with van der Waals surface area (Å²) < 4.78 is 32.6. The molecule has 0 saturated heterocycles. The number of hydrogen-bond acceptors (Lipinski definition) is 8. The Morgan fingerprint density at radius 3 is 2.45 bits per heavy atom. The highest BCUT2D eigenvalue weighted by molar-refractivity contribution is 9.10. The molecule has 14 heteroatoms. The first-order chi connectivity index (χ1) is 17.5. The van der Waals surface area contributed by atoms with Gasteiger partial charge in [-0.05, 0) is 94.0 Å². The van der Waals surface area contributed by atoms with Crippen LogP contribution >= 0.6 is 27.5 Å². The molecule has 208 valence electrons. The van der Waals surface area contributed by atoms with Crippen molar-refractivity contribution in [1.29, 1.82) is 0 Å². The second kappa shape index (κ2) is 11.4. The van der Waals surface area contributed by atoms with E-state index in [-0.39, 0.29) is 30.0 Å². The third kappa shape index (κ3) is 7.79. The number of carbonyl (C=O) groups excluding carboxylic acids is 2. The Hall–Kier alpha value is -2.93. The van der Waals surface area contributed by atoms with Crippen LogP contribution in [0.15, 0.2) is 27.5 Å². The molecule has 0 aromatic carbocycles. The van der Waals surface area contributed by atoms with Crippen molar-refractivity contribution in [2.75, 3.05) is 4.90 Å². The van der Waals surface area contributed by atoms with Gasteiger partial charge in [-0.25, -0.2) is 23.5 Å². The summed E-state index contributed by atoms with van der Waals surface area (Å²) in [6.45, 7) is 11.6. The number of anilines is 1. The minimum absolute atomic E-state index is 0.0735. The summed E-state index contributed by atoms with van der Waals surface area (Å²) in [6.07, 6.45) is 0.0462. The summed E-state index contributed by atoms with van der Waals surface area (Å²) >= 11 is 9.73. The van der Waals surface area contributed by atoms with Crippen molar-refractivity contribution in [1.82, 2.24) is 24.9 Å². The number of aromatic nitrogens is 4. The highest BCUT2D eigenvalue weighted by atomic mass is 79.9. The number of rotatable bonds is 7. The Morgan fingerprint density at radius 1 is 1.24 bits per heavy atom. The molecule has 38 heavy (non-hydrogen) atoms. The van der Waals surface area contributed by atoms with Crippen molar-refractivity contribution in [3.8, 4) is 0 Å². The molecule has 3 rings (SSSR count). The molecule has 0 radical (unpaired) electrons. The summed E-state index contributed by atoms with van der Waals surface area (Å²) in [5, 5.41) is 6.66. The number of halogens is 3. The third-order valence-corrected chi connectivity index (χ3v) is 5.95. The molecule has 0 aliphatic rings. The van der Waals surface area contributed by atoms with E-state index in [1.807, 2.05) is 0 Å². The number of alkyl carbamates (subject to hydrolysis) is 1. The fourth-order valence-corrected chi connectivity index (χ4v) is 4.11. The lowest BCUT2D eigenvalue weighted by molar-refractivity contribution is 0.0476. The topological polar surface area (TPSA) is 124 Å². The Bertz CT molecular complexity index is 1290. The van der Waals surface area contributed by atoms with Gasteiger partial charge in [-0.15, -0.1) is 5.10 Å².